The molecule has 0 aliphatic heterocycles. The summed E-state index contributed by atoms with van der Waals surface area (Å²) in [6, 6.07) is 29.8. The highest BCUT2D eigenvalue weighted by Crippen LogP contribution is 2.43. The summed E-state index contributed by atoms with van der Waals surface area (Å²) in [4.78, 5) is 26.4. The molecule has 4 aromatic carbocycles. The smallest absolute Gasteiger partial charge is 0.494 e. The SMILES string of the molecule is CCCCCCCCCCOc1ccc(-c2c(-c3ccccc3)ccc(C(=O)OC(=O)OC(CCCCCC)C(F)(F)F)c2-c2ccccc2)cc1. The Labute approximate surface area is 306 Å². The molecule has 0 N–H and O–H groups in total. The Balaban J connectivity index is 1.62. The van der Waals surface area contributed by atoms with Crippen LogP contribution in [0.5, 0.6) is 5.75 Å². The standard InChI is InChI=1S/C44H51F3O5/c1-3-5-7-9-10-11-12-20-32-50-36-28-26-35(27-29-36)40-37(33-21-15-13-16-22-33)30-31-38(41(40)34-23-17-14-18-24-34)42(48)52-43(49)51-39(44(45,46)47)25-19-8-6-4-2/h13-18,21-24,26-31,39H,3-12,19-20,25,32H2,1-2H3. The van der Waals surface area contributed by atoms with Gasteiger partial charge < -0.3 is 14.2 Å². The number of alkyl halides is 3. The van der Waals surface area contributed by atoms with Gasteiger partial charge in [0.15, 0.2) is 0 Å². The van der Waals surface area contributed by atoms with Gasteiger partial charge in [-0.1, -0.05) is 157 Å². The number of hydrogen-bond donors (Lipinski definition) is 0. The van der Waals surface area contributed by atoms with E-state index in [4.69, 9.17) is 14.2 Å². The molecule has 0 spiro atoms. The Bertz CT molecular complexity index is 1650. The molecule has 0 aromatic heterocycles. The van der Waals surface area contributed by atoms with Gasteiger partial charge in [-0.25, -0.2) is 9.59 Å². The van der Waals surface area contributed by atoms with Crippen molar-refractivity contribution in [1.29, 1.82) is 0 Å². The summed E-state index contributed by atoms with van der Waals surface area (Å²) >= 11 is 0. The molecule has 0 heterocycles. The van der Waals surface area contributed by atoms with E-state index in [9.17, 15) is 22.8 Å². The minimum atomic E-state index is -4.79. The van der Waals surface area contributed by atoms with Crippen molar-refractivity contribution in [2.45, 2.75) is 110 Å². The number of esters is 1. The molecule has 4 rings (SSSR count). The molecule has 278 valence electrons. The lowest BCUT2D eigenvalue weighted by molar-refractivity contribution is -0.209. The first-order valence-electron chi connectivity index (χ1n) is 18.7. The van der Waals surface area contributed by atoms with Gasteiger partial charge in [0, 0.05) is 5.56 Å². The van der Waals surface area contributed by atoms with Crippen molar-refractivity contribution in [1.82, 2.24) is 0 Å². The molecular weight excluding hydrogens is 665 g/mol. The predicted octanol–water partition coefficient (Wildman–Crippen LogP) is 13.4. The maximum absolute atomic E-state index is 13.7. The average molecular weight is 717 g/mol. The third-order valence-electron chi connectivity index (χ3n) is 9.08. The van der Waals surface area contributed by atoms with E-state index < -0.39 is 30.8 Å². The van der Waals surface area contributed by atoms with Crippen LogP contribution in [0.1, 0.15) is 108 Å². The van der Waals surface area contributed by atoms with Gasteiger partial charge in [-0.3, -0.25) is 0 Å². The molecule has 1 atom stereocenters. The highest BCUT2D eigenvalue weighted by molar-refractivity contribution is 6.08. The fourth-order valence-electron chi connectivity index (χ4n) is 6.30. The summed E-state index contributed by atoms with van der Waals surface area (Å²) in [6.45, 7) is 4.79. The summed E-state index contributed by atoms with van der Waals surface area (Å²) in [6.07, 6.45) is 2.84. The van der Waals surface area contributed by atoms with E-state index in [0.29, 0.717) is 29.7 Å². The Morgan fingerprint density at radius 2 is 1.13 bits per heavy atom. The van der Waals surface area contributed by atoms with Crippen molar-refractivity contribution >= 4 is 12.1 Å². The molecule has 0 bridgehead atoms. The molecule has 8 heteroatoms. The van der Waals surface area contributed by atoms with Crippen LogP contribution in [-0.4, -0.2) is 31.0 Å². The molecule has 0 amide bonds. The molecule has 0 aliphatic carbocycles. The number of carbonyl (C=O) groups is 2. The summed E-state index contributed by atoms with van der Waals surface area (Å²) in [5, 5.41) is 0. The zero-order valence-corrected chi connectivity index (χ0v) is 30.4. The van der Waals surface area contributed by atoms with Crippen LogP contribution in [0.3, 0.4) is 0 Å². The lowest BCUT2D eigenvalue weighted by atomic mass is 9.84. The monoisotopic (exact) mass is 716 g/mol. The fourth-order valence-corrected chi connectivity index (χ4v) is 6.30. The summed E-state index contributed by atoms with van der Waals surface area (Å²) in [5.41, 5.74) is 4.32. The molecule has 0 saturated carbocycles. The molecule has 0 aliphatic rings. The van der Waals surface area contributed by atoms with Crippen LogP contribution >= 0.6 is 0 Å². The van der Waals surface area contributed by atoms with E-state index in [1.54, 1.807) is 6.07 Å². The molecule has 52 heavy (non-hydrogen) atoms. The number of unbranched alkanes of at least 4 members (excludes halogenated alkanes) is 10. The van der Waals surface area contributed by atoms with Gasteiger partial charge in [0.1, 0.15) is 5.75 Å². The third kappa shape index (κ3) is 12.3. The zero-order chi connectivity index (χ0) is 37.2. The van der Waals surface area contributed by atoms with Gasteiger partial charge in [0.25, 0.3) is 0 Å². The second-order valence-electron chi connectivity index (χ2n) is 13.1. The highest BCUT2D eigenvalue weighted by atomic mass is 19.4. The van der Waals surface area contributed by atoms with E-state index in [0.717, 1.165) is 48.1 Å². The van der Waals surface area contributed by atoms with E-state index >= 15 is 0 Å². The topological polar surface area (TPSA) is 61.8 Å². The fraction of sp³-hybridized carbons (Fsp3) is 0.409. The van der Waals surface area contributed by atoms with Crippen molar-refractivity contribution in [3.63, 3.8) is 0 Å². The lowest BCUT2D eigenvalue weighted by Crippen LogP contribution is -2.34. The maximum Gasteiger partial charge on any atom is 0.517 e. The first kappa shape index (κ1) is 40.2. The van der Waals surface area contributed by atoms with Gasteiger partial charge in [-0.2, -0.15) is 13.2 Å². The first-order valence-corrected chi connectivity index (χ1v) is 18.7. The van der Waals surface area contributed by atoms with Gasteiger partial charge in [0.2, 0.25) is 6.10 Å². The number of carbonyl (C=O) groups excluding carboxylic acids is 2. The van der Waals surface area contributed by atoms with E-state index in [2.05, 4.69) is 6.92 Å². The van der Waals surface area contributed by atoms with Crippen molar-refractivity contribution < 1.29 is 37.0 Å². The number of halogens is 3. The number of ether oxygens (including phenoxy) is 3. The van der Waals surface area contributed by atoms with E-state index in [1.165, 1.54) is 44.6 Å². The first-order chi connectivity index (χ1) is 25.2. The second kappa shape index (κ2) is 21.1. The summed E-state index contributed by atoms with van der Waals surface area (Å²) in [5.74, 6) is -0.386. The van der Waals surface area contributed by atoms with Crippen LogP contribution in [0.2, 0.25) is 0 Å². The maximum atomic E-state index is 13.7. The Morgan fingerprint density at radius 3 is 1.73 bits per heavy atom. The van der Waals surface area contributed by atoms with Crippen LogP contribution in [-0.2, 0) is 9.47 Å². The van der Waals surface area contributed by atoms with Crippen molar-refractivity contribution in [3.05, 3.63) is 103 Å². The normalized spacial score (nSPS) is 11.9. The molecule has 0 radical (unpaired) electrons. The Hall–Kier alpha value is -4.59. The molecule has 0 saturated heterocycles. The second-order valence-corrected chi connectivity index (χ2v) is 13.1. The highest BCUT2D eigenvalue weighted by Gasteiger charge is 2.43. The zero-order valence-electron chi connectivity index (χ0n) is 30.4. The third-order valence-corrected chi connectivity index (χ3v) is 9.08. The minimum absolute atomic E-state index is 0.0133. The molecule has 0 fully saturated rings. The van der Waals surface area contributed by atoms with Crippen molar-refractivity contribution in [2.75, 3.05) is 6.61 Å². The molecular formula is C44H51F3O5. The Morgan fingerprint density at radius 1 is 0.596 bits per heavy atom. The van der Waals surface area contributed by atoms with E-state index in [1.807, 2.05) is 91.9 Å². The Kier molecular flexibility index (Phi) is 16.3. The largest absolute Gasteiger partial charge is 0.517 e. The van der Waals surface area contributed by atoms with Crippen LogP contribution in [0.25, 0.3) is 33.4 Å². The van der Waals surface area contributed by atoms with E-state index in [-0.39, 0.29) is 12.0 Å². The average Bonchev–Trinajstić information content (AvgIpc) is 3.15. The van der Waals surface area contributed by atoms with Crippen molar-refractivity contribution in [3.8, 4) is 39.1 Å². The number of rotatable bonds is 20. The van der Waals surface area contributed by atoms with Gasteiger partial charge >= 0.3 is 18.3 Å². The molecule has 4 aromatic rings. The summed E-state index contributed by atoms with van der Waals surface area (Å²) in [7, 11) is 0. The van der Waals surface area contributed by atoms with Crippen LogP contribution in [0.4, 0.5) is 18.0 Å². The quantitative estimate of drug-likeness (QED) is 0.0518. The number of hydrogen-bond acceptors (Lipinski definition) is 5. The van der Waals surface area contributed by atoms with Crippen LogP contribution < -0.4 is 4.74 Å². The van der Waals surface area contributed by atoms with Gasteiger partial charge in [-0.15, -0.1) is 0 Å². The van der Waals surface area contributed by atoms with Crippen LogP contribution in [0, 0.1) is 0 Å². The predicted molar refractivity (Wildman–Crippen MR) is 201 cm³/mol. The molecule has 5 nitrogen and oxygen atoms in total. The van der Waals surface area contributed by atoms with Crippen molar-refractivity contribution in [2.24, 2.45) is 0 Å². The number of benzene rings is 4. The van der Waals surface area contributed by atoms with Crippen LogP contribution in [0.15, 0.2) is 97.1 Å². The molecule has 1 unspecified atom stereocenters. The minimum Gasteiger partial charge on any atom is -0.494 e. The lowest BCUT2D eigenvalue weighted by Gasteiger charge is -2.21. The van der Waals surface area contributed by atoms with Gasteiger partial charge in [-0.05, 0) is 65.3 Å². The summed E-state index contributed by atoms with van der Waals surface area (Å²) < 4.78 is 57.0. The van der Waals surface area contributed by atoms with Gasteiger partial charge in [0.05, 0.1) is 12.2 Å².